The van der Waals surface area contributed by atoms with Crippen LogP contribution in [-0.2, 0) is 6.54 Å². The summed E-state index contributed by atoms with van der Waals surface area (Å²) >= 11 is 0. The van der Waals surface area contributed by atoms with Crippen molar-refractivity contribution < 1.29 is 14.0 Å². The molecule has 0 atom stereocenters. The SMILES string of the molecule is CC(C)N(CC/C(N)=N/O)Cc1c(F)cccc1F. The predicted molar refractivity (Wildman–Crippen MR) is 69.9 cm³/mol. The van der Waals surface area contributed by atoms with Crippen molar-refractivity contribution >= 4 is 5.84 Å². The Kier molecular flexibility index (Phi) is 5.69. The Hall–Kier alpha value is -1.69. The van der Waals surface area contributed by atoms with Crippen molar-refractivity contribution in [2.75, 3.05) is 6.54 Å². The minimum atomic E-state index is -0.561. The Morgan fingerprint density at radius 2 is 1.95 bits per heavy atom. The van der Waals surface area contributed by atoms with Crippen LogP contribution in [0, 0.1) is 11.6 Å². The van der Waals surface area contributed by atoms with Gasteiger partial charge in [-0.1, -0.05) is 11.2 Å². The van der Waals surface area contributed by atoms with Crippen LogP contribution in [0.25, 0.3) is 0 Å². The summed E-state index contributed by atoms with van der Waals surface area (Å²) in [5.41, 5.74) is 5.44. The van der Waals surface area contributed by atoms with E-state index in [1.165, 1.54) is 18.2 Å². The standard InChI is InChI=1S/C13H19F2N3O/c1-9(2)18(7-6-13(16)17-19)8-10-11(14)4-3-5-12(10)15/h3-5,9,19H,6-8H2,1-2H3,(H2,16,17). The Balaban J connectivity index is 2.79. The number of hydrogen-bond acceptors (Lipinski definition) is 3. The van der Waals surface area contributed by atoms with Crippen LogP contribution in [-0.4, -0.2) is 28.5 Å². The summed E-state index contributed by atoms with van der Waals surface area (Å²) in [6.45, 7) is 4.45. The maximum atomic E-state index is 13.6. The van der Waals surface area contributed by atoms with Crippen LogP contribution in [0.15, 0.2) is 23.4 Å². The highest BCUT2D eigenvalue weighted by molar-refractivity contribution is 5.79. The molecule has 3 N–H and O–H groups in total. The lowest BCUT2D eigenvalue weighted by Gasteiger charge is -2.26. The maximum absolute atomic E-state index is 13.6. The monoisotopic (exact) mass is 271 g/mol. The van der Waals surface area contributed by atoms with E-state index in [1.54, 1.807) is 0 Å². The summed E-state index contributed by atoms with van der Waals surface area (Å²) in [5, 5.41) is 11.4. The second kappa shape index (κ2) is 7.04. The number of rotatable bonds is 6. The van der Waals surface area contributed by atoms with E-state index in [1.807, 2.05) is 18.7 Å². The summed E-state index contributed by atoms with van der Waals surface area (Å²) in [6.07, 6.45) is 0.338. The van der Waals surface area contributed by atoms with Crippen molar-refractivity contribution in [3.63, 3.8) is 0 Å². The second-order valence-electron chi connectivity index (χ2n) is 4.61. The van der Waals surface area contributed by atoms with Crippen molar-refractivity contribution in [2.24, 2.45) is 10.9 Å². The van der Waals surface area contributed by atoms with Crippen LogP contribution in [0.4, 0.5) is 8.78 Å². The highest BCUT2D eigenvalue weighted by Crippen LogP contribution is 2.16. The van der Waals surface area contributed by atoms with Gasteiger partial charge in [0.2, 0.25) is 0 Å². The lowest BCUT2D eigenvalue weighted by molar-refractivity contribution is 0.212. The van der Waals surface area contributed by atoms with Crippen molar-refractivity contribution in [3.8, 4) is 0 Å². The van der Waals surface area contributed by atoms with E-state index in [9.17, 15) is 8.78 Å². The molecule has 6 heteroatoms. The van der Waals surface area contributed by atoms with E-state index in [-0.39, 0.29) is 24.0 Å². The van der Waals surface area contributed by atoms with Gasteiger partial charge in [0.05, 0.1) is 0 Å². The van der Waals surface area contributed by atoms with Gasteiger partial charge < -0.3 is 10.9 Å². The third-order valence-electron chi connectivity index (χ3n) is 2.94. The molecule has 19 heavy (non-hydrogen) atoms. The zero-order valence-corrected chi connectivity index (χ0v) is 11.1. The molecule has 0 amide bonds. The van der Waals surface area contributed by atoms with E-state index < -0.39 is 11.6 Å². The molecule has 0 aliphatic heterocycles. The third-order valence-corrected chi connectivity index (χ3v) is 2.94. The molecule has 0 saturated heterocycles. The van der Waals surface area contributed by atoms with Gasteiger partial charge in [-0.05, 0) is 26.0 Å². The Bertz CT molecular complexity index is 429. The molecule has 4 nitrogen and oxygen atoms in total. The number of halogens is 2. The molecular formula is C13H19F2N3O. The fourth-order valence-electron chi connectivity index (χ4n) is 1.71. The van der Waals surface area contributed by atoms with E-state index in [0.29, 0.717) is 13.0 Å². The van der Waals surface area contributed by atoms with Crippen LogP contribution in [0.2, 0.25) is 0 Å². The average Bonchev–Trinajstić information content (AvgIpc) is 2.36. The van der Waals surface area contributed by atoms with E-state index in [0.717, 1.165) is 0 Å². The minimum absolute atomic E-state index is 0.0377. The first-order valence-corrected chi connectivity index (χ1v) is 6.09. The lowest BCUT2D eigenvalue weighted by Crippen LogP contribution is -2.34. The van der Waals surface area contributed by atoms with Crippen LogP contribution >= 0.6 is 0 Å². The number of nitrogens with two attached hydrogens (primary N) is 1. The Labute approximate surface area is 111 Å². The average molecular weight is 271 g/mol. The normalized spacial score (nSPS) is 12.4. The zero-order valence-electron chi connectivity index (χ0n) is 11.1. The summed E-state index contributed by atoms with van der Waals surface area (Å²) in [4.78, 5) is 1.86. The maximum Gasteiger partial charge on any atom is 0.140 e. The van der Waals surface area contributed by atoms with Crippen molar-refractivity contribution in [3.05, 3.63) is 35.4 Å². The molecule has 0 heterocycles. The minimum Gasteiger partial charge on any atom is -0.409 e. The van der Waals surface area contributed by atoms with Gasteiger partial charge >= 0.3 is 0 Å². The largest absolute Gasteiger partial charge is 0.409 e. The van der Waals surface area contributed by atoms with Gasteiger partial charge in [0.1, 0.15) is 17.5 Å². The van der Waals surface area contributed by atoms with Crippen LogP contribution in [0.5, 0.6) is 0 Å². The molecule has 0 radical (unpaired) electrons. The van der Waals surface area contributed by atoms with Crippen molar-refractivity contribution in [1.82, 2.24) is 4.90 Å². The third kappa shape index (κ3) is 4.48. The van der Waals surface area contributed by atoms with Gasteiger partial charge in [-0.3, -0.25) is 4.90 Å². The first-order chi connectivity index (χ1) is 8.95. The lowest BCUT2D eigenvalue weighted by atomic mass is 10.1. The molecule has 0 saturated carbocycles. The second-order valence-corrected chi connectivity index (χ2v) is 4.61. The summed E-state index contributed by atoms with van der Waals surface area (Å²) in [7, 11) is 0. The highest BCUT2D eigenvalue weighted by atomic mass is 19.1. The molecule has 0 bridgehead atoms. The molecular weight excluding hydrogens is 252 g/mol. The zero-order chi connectivity index (χ0) is 14.4. The van der Waals surface area contributed by atoms with Gasteiger partial charge in [-0.15, -0.1) is 0 Å². The van der Waals surface area contributed by atoms with Crippen LogP contribution in [0.3, 0.4) is 0 Å². The topological polar surface area (TPSA) is 61.8 Å². The summed E-state index contributed by atoms with van der Waals surface area (Å²) < 4.78 is 27.2. The summed E-state index contributed by atoms with van der Waals surface area (Å²) in [6, 6.07) is 3.90. The molecule has 0 aliphatic rings. The quantitative estimate of drug-likeness (QED) is 0.361. The van der Waals surface area contributed by atoms with Gasteiger partial charge in [0.25, 0.3) is 0 Å². The molecule has 0 aliphatic carbocycles. The fourth-order valence-corrected chi connectivity index (χ4v) is 1.71. The molecule has 106 valence electrons. The number of amidine groups is 1. The summed E-state index contributed by atoms with van der Waals surface area (Å²) in [5.74, 6) is -1.02. The fraction of sp³-hybridized carbons (Fsp3) is 0.462. The van der Waals surface area contributed by atoms with Crippen LogP contribution in [0.1, 0.15) is 25.8 Å². The molecule has 0 spiro atoms. The molecule has 1 aromatic carbocycles. The molecule has 0 unspecified atom stereocenters. The number of oxime groups is 1. The van der Waals surface area contributed by atoms with E-state index >= 15 is 0 Å². The molecule has 0 fully saturated rings. The smallest absolute Gasteiger partial charge is 0.140 e. The molecule has 0 aromatic heterocycles. The number of benzene rings is 1. The van der Waals surface area contributed by atoms with E-state index in [2.05, 4.69) is 5.16 Å². The number of hydrogen-bond donors (Lipinski definition) is 2. The van der Waals surface area contributed by atoms with Crippen LogP contribution < -0.4 is 5.73 Å². The van der Waals surface area contributed by atoms with Gasteiger partial charge in [0.15, 0.2) is 0 Å². The van der Waals surface area contributed by atoms with Gasteiger partial charge in [-0.2, -0.15) is 0 Å². The van der Waals surface area contributed by atoms with Gasteiger partial charge in [-0.25, -0.2) is 8.78 Å². The van der Waals surface area contributed by atoms with Gasteiger partial charge in [0, 0.05) is 31.1 Å². The Morgan fingerprint density at radius 1 is 1.37 bits per heavy atom. The van der Waals surface area contributed by atoms with Crippen molar-refractivity contribution in [2.45, 2.75) is 32.9 Å². The first kappa shape index (κ1) is 15.4. The van der Waals surface area contributed by atoms with E-state index in [4.69, 9.17) is 10.9 Å². The number of nitrogens with zero attached hydrogens (tertiary/aromatic N) is 2. The highest BCUT2D eigenvalue weighted by Gasteiger charge is 2.16. The first-order valence-electron chi connectivity index (χ1n) is 6.09. The molecule has 1 rings (SSSR count). The Morgan fingerprint density at radius 3 is 2.42 bits per heavy atom. The predicted octanol–water partition coefficient (Wildman–Crippen LogP) is 2.31. The molecule has 1 aromatic rings. The van der Waals surface area contributed by atoms with Crippen molar-refractivity contribution in [1.29, 1.82) is 0 Å².